The van der Waals surface area contributed by atoms with Crippen molar-refractivity contribution in [2.75, 3.05) is 32.8 Å². The molecule has 2 amide bonds. The SMILES string of the molecule is Cc1cc(OCC(=O)N2CCN(C(=O)c3ccco3)CC2)ccc1C(C)C. The first-order chi connectivity index (χ1) is 13.0. The van der Waals surface area contributed by atoms with Crippen LogP contribution in [-0.4, -0.2) is 54.4 Å². The number of carbonyl (C=O) groups is 2. The first-order valence-electron chi connectivity index (χ1n) is 9.29. The molecule has 1 saturated heterocycles. The Bertz CT molecular complexity index is 791. The first-order valence-corrected chi connectivity index (χ1v) is 9.29. The Morgan fingerprint density at radius 2 is 1.81 bits per heavy atom. The highest BCUT2D eigenvalue weighted by Gasteiger charge is 2.26. The van der Waals surface area contributed by atoms with E-state index >= 15 is 0 Å². The summed E-state index contributed by atoms with van der Waals surface area (Å²) in [5, 5.41) is 0. The lowest BCUT2D eigenvalue weighted by atomic mass is 9.98. The number of nitrogens with zero attached hydrogens (tertiary/aromatic N) is 2. The molecule has 0 spiro atoms. The second-order valence-corrected chi connectivity index (χ2v) is 7.11. The second-order valence-electron chi connectivity index (χ2n) is 7.11. The van der Waals surface area contributed by atoms with Crippen molar-refractivity contribution in [3.05, 3.63) is 53.5 Å². The molecule has 6 heteroatoms. The van der Waals surface area contributed by atoms with Crippen molar-refractivity contribution in [3.8, 4) is 5.75 Å². The molecule has 1 aromatic carbocycles. The van der Waals surface area contributed by atoms with Gasteiger partial charge in [-0.05, 0) is 48.2 Å². The van der Waals surface area contributed by atoms with Crippen molar-refractivity contribution < 1.29 is 18.7 Å². The van der Waals surface area contributed by atoms with Gasteiger partial charge in [0.2, 0.25) is 0 Å². The van der Waals surface area contributed by atoms with Gasteiger partial charge in [-0.25, -0.2) is 0 Å². The number of hydrogen-bond donors (Lipinski definition) is 0. The van der Waals surface area contributed by atoms with Gasteiger partial charge in [0, 0.05) is 26.2 Å². The van der Waals surface area contributed by atoms with Crippen LogP contribution in [0, 0.1) is 6.92 Å². The van der Waals surface area contributed by atoms with E-state index in [9.17, 15) is 9.59 Å². The summed E-state index contributed by atoms with van der Waals surface area (Å²) in [5.74, 6) is 1.30. The largest absolute Gasteiger partial charge is 0.484 e. The van der Waals surface area contributed by atoms with Crippen molar-refractivity contribution in [2.45, 2.75) is 26.7 Å². The lowest BCUT2D eigenvalue weighted by molar-refractivity contribution is -0.134. The number of aryl methyl sites for hydroxylation is 1. The Hall–Kier alpha value is -2.76. The van der Waals surface area contributed by atoms with Crippen LogP contribution in [0.15, 0.2) is 41.0 Å². The molecule has 0 aliphatic carbocycles. The van der Waals surface area contributed by atoms with Crippen LogP contribution in [0.5, 0.6) is 5.75 Å². The molecule has 0 radical (unpaired) electrons. The molecule has 3 rings (SSSR count). The van der Waals surface area contributed by atoms with Crippen molar-refractivity contribution in [3.63, 3.8) is 0 Å². The maximum absolute atomic E-state index is 12.4. The van der Waals surface area contributed by atoms with Gasteiger partial charge in [-0.2, -0.15) is 0 Å². The molecule has 27 heavy (non-hydrogen) atoms. The number of furan rings is 1. The molecule has 1 aromatic heterocycles. The van der Waals surface area contributed by atoms with Gasteiger partial charge in [0.15, 0.2) is 12.4 Å². The summed E-state index contributed by atoms with van der Waals surface area (Å²) in [5.41, 5.74) is 2.45. The van der Waals surface area contributed by atoms with E-state index in [4.69, 9.17) is 9.15 Å². The van der Waals surface area contributed by atoms with Gasteiger partial charge < -0.3 is 19.0 Å². The molecule has 1 aliphatic heterocycles. The molecule has 0 saturated carbocycles. The number of amides is 2. The third-order valence-corrected chi connectivity index (χ3v) is 4.88. The van der Waals surface area contributed by atoms with E-state index in [1.165, 1.54) is 17.4 Å². The van der Waals surface area contributed by atoms with Gasteiger partial charge in [0.1, 0.15) is 5.75 Å². The average molecular weight is 370 g/mol. The van der Waals surface area contributed by atoms with Crippen LogP contribution in [0.1, 0.15) is 41.4 Å². The Morgan fingerprint density at radius 3 is 2.41 bits per heavy atom. The first kappa shape index (κ1) is 19.0. The lowest BCUT2D eigenvalue weighted by Gasteiger charge is -2.34. The molecule has 0 bridgehead atoms. The molecule has 144 valence electrons. The molecular formula is C21H26N2O4. The molecule has 1 aliphatic rings. The Morgan fingerprint density at radius 1 is 1.11 bits per heavy atom. The van der Waals surface area contributed by atoms with Crippen molar-refractivity contribution in [1.82, 2.24) is 9.80 Å². The number of ether oxygens (including phenoxy) is 1. The van der Waals surface area contributed by atoms with Crippen molar-refractivity contribution in [1.29, 1.82) is 0 Å². The standard InChI is InChI=1S/C21H26N2O4/c1-15(2)18-7-6-17(13-16(18)3)27-14-20(24)22-8-10-23(11-9-22)21(25)19-5-4-12-26-19/h4-7,12-13,15H,8-11,14H2,1-3H3. The van der Waals surface area contributed by atoms with Crippen LogP contribution in [0.2, 0.25) is 0 Å². The van der Waals surface area contributed by atoms with Crippen LogP contribution in [0.3, 0.4) is 0 Å². The van der Waals surface area contributed by atoms with E-state index in [0.717, 1.165) is 0 Å². The Balaban J connectivity index is 1.48. The molecule has 0 N–H and O–H groups in total. The highest BCUT2D eigenvalue weighted by atomic mass is 16.5. The zero-order chi connectivity index (χ0) is 19.4. The summed E-state index contributed by atoms with van der Waals surface area (Å²) >= 11 is 0. The van der Waals surface area contributed by atoms with Gasteiger partial charge in [-0.1, -0.05) is 19.9 Å². The number of benzene rings is 1. The van der Waals surface area contributed by atoms with E-state index in [-0.39, 0.29) is 18.4 Å². The van der Waals surface area contributed by atoms with Gasteiger partial charge >= 0.3 is 0 Å². The monoisotopic (exact) mass is 370 g/mol. The van der Waals surface area contributed by atoms with Gasteiger partial charge in [0.05, 0.1) is 6.26 Å². The number of hydrogen-bond acceptors (Lipinski definition) is 4. The quantitative estimate of drug-likeness (QED) is 0.811. The molecule has 2 aromatic rings. The number of carbonyl (C=O) groups excluding carboxylic acids is 2. The second kappa shape index (κ2) is 8.29. The minimum Gasteiger partial charge on any atom is -0.484 e. The summed E-state index contributed by atoms with van der Waals surface area (Å²) in [7, 11) is 0. The van der Waals surface area contributed by atoms with Crippen molar-refractivity contribution >= 4 is 11.8 Å². The van der Waals surface area contributed by atoms with Crippen LogP contribution < -0.4 is 4.74 Å². The number of piperazine rings is 1. The highest BCUT2D eigenvalue weighted by Crippen LogP contribution is 2.23. The molecule has 2 heterocycles. The van der Waals surface area contributed by atoms with Gasteiger partial charge in [0.25, 0.3) is 11.8 Å². The van der Waals surface area contributed by atoms with E-state index < -0.39 is 0 Å². The van der Waals surface area contributed by atoms with E-state index in [1.807, 2.05) is 12.1 Å². The smallest absolute Gasteiger partial charge is 0.289 e. The molecule has 0 unspecified atom stereocenters. The predicted molar refractivity (Wildman–Crippen MR) is 102 cm³/mol. The maximum Gasteiger partial charge on any atom is 0.289 e. The summed E-state index contributed by atoms with van der Waals surface area (Å²) in [6.07, 6.45) is 1.49. The molecule has 6 nitrogen and oxygen atoms in total. The third kappa shape index (κ3) is 4.51. The summed E-state index contributed by atoms with van der Waals surface area (Å²) < 4.78 is 10.8. The predicted octanol–water partition coefficient (Wildman–Crippen LogP) is 3.07. The lowest BCUT2D eigenvalue weighted by Crippen LogP contribution is -2.51. The third-order valence-electron chi connectivity index (χ3n) is 4.88. The zero-order valence-electron chi connectivity index (χ0n) is 16.1. The highest BCUT2D eigenvalue weighted by molar-refractivity contribution is 5.91. The van der Waals surface area contributed by atoms with Gasteiger partial charge in [-0.15, -0.1) is 0 Å². The van der Waals surface area contributed by atoms with Crippen LogP contribution in [-0.2, 0) is 4.79 Å². The minimum atomic E-state index is -0.135. The van der Waals surface area contributed by atoms with E-state index in [0.29, 0.717) is 43.6 Å². The van der Waals surface area contributed by atoms with Crippen molar-refractivity contribution in [2.24, 2.45) is 0 Å². The fraction of sp³-hybridized carbons (Fsp3) is 0.429. The maximum atomic E-state index is 12.4. The Labute approximate surface area is 159 Å². The fourth-order valence-electron chi connectivity index (χ4n) is 3.34. The fourth-order valence-corrected chi connectivity index (χ4v) is 3.34. The van der Waals surface area contributed by atoms with Crippen LogP contribution >= 0.6 is 0 Å². The molecular weight excluding hydrogens is 344 g/mol. The topological polar surface area (TPSA) is 63.0 Å². The summed E-state index contributed by atoms with van der Waals surface area (Å²) in [6.45, 7) is 8.36. The molecule has 1 fully saturated rings. The van der Waals surface area contributed by atoms with Crippen LogP contribution in [0.4, 0.5) is 0 Å². The van der Waals surface area contributed by atoms with Crippen LogP contribution in [0.25, 0.3) is 0 Å². The normalized spacial score (nSPS) is 14.5. The minimum absolute atomic E-state index is 0.00654. The average Bonchev–Trinajstić information content (AvgIpc) is 3.20. The summed E-state index contributed by atoms with van der Waals surface area (Å²) in [4.78, 5) is 28.1. The zero-order valence-corrected chi connectivity index (χ0v) is 16.1. The van der Waals surface area contributed by atoms with E-state index in [2.05, 4.69) is 26.8 Å². The summed E-state index contributed by atoms with van der Waals surface area (Å²) in [6, 6.07) is 9.29. The van der Waals surface area contributed by atoms with E-state index in [1.54, 1.807) is 21.9 Å². The Kier molecular flexibility index (Phi) is 5.84. The number of rotatable bonds is 5. The van der Waals surface area contributed by atoms with Gasteiger partial charge in [-0.3, -0.25) is 9.59 Å². The molecule has 0 atom stereocenters.